The Morgan fingerprint density at radius 1 is 1.33 bits per heavy atom. The van der Waals surface area contributed by atoms with Crippen molar-refractivity contribution in [1.82, 2.24) is 10.3 Å². The number of amides is 1. The Bertz CT molecular complexity index is 737. The Balaban J connectivity index is 1.35. The summed E-state index contributed by atoms with van der Waals surface area (Å²) in [7, 11) is 0. The van der Waals surface area contributed by atoms with Crippen LogP contribution in [0, 0.1) is 17.2 Å². The molecule has 1 amide bonds. The van der Waals surface area contributed by atoms with Crippen LogP contribution in [0.15, 0.2) is 30.5 Å². The normalized spacial score (nSPS) is 21.6. The van der Waals surface area contributed by atoms with E-state index in [1.54, 1.807) is 18.3 Å². The van der Waals surface area contributed by atoms with Gasteiger partial charge >= 0.3 is 0 Å². The van der Waals surface area contributed by atoms with Crippen LogP contribution in [0.5, 0.6) is 0 Å². The van der Waals surface area contributed by atoms with Crippen LogP contribution in [0.1, 0.15) is 29.7 Å². The lowest BCUT2D eigenvalue weighted by molar-refractivity contribution is -0.118. The van der Waals surface area contributed by atoms with E-state index in [4.69, 9.17) is 0 Å². The number of benzene rings is 1. The lowest BCUT2D eigenvalue weighted by atomic mass is 9.92. The predicted molar refractivity (Wildman–Crippen MR) is 92.6 cm³/mol. The van der Waals surface area contributed by atoms with Crippen LogP contribution in [-0.4, -0.2) is 24.0 Å². The fourth-order valence-electron chi connectivity index (χ4n) is 3.64. The molecule has 1 aromatic carbocycles. The molecule has 1 spiro atoms. The summed E-state index contributed by atoms with van der Waals surface area (Å²) in [6, 6.07) is 6.48. The standard InChI is InChI=1S/C18H20FN3OS/c19-13-3-1-12(2-4-13)9-14-11-21-17(24-14)22-16(23)15-10-18(15)5-7-20-8-6-18/h1-4,11,15,20H,5-10H2,(H,21,22,23). The smallest absolute Gasteiger partial charge is 0.229 e. The topological polar surface area (TPSA) is 54.0 Å². The van der Waals surface area contributed by atoms with Gasteiger partial charge in [-0.25, -0.2) is 9.37 Å². The number of nitrogens with one attached hydrogen (secondary N) is 2. The molecule has 2 aliphatic rings. The monoisotopic (exact) mass is 345 g/mol. The van der Waals surface area contributed by atoms with E-state index in [-0.39, 0.29) is 23.1 Å². The molecule has 1 unspecified atom stereocenters. The van der Waals surface area contributed by atoms with E-state index in [9.17, 15) is 9.18 Å². The van der Waals surface area contributed by atoms with Gasteiger partial charge in [-0.3, -0.25) is 4.79 Å². The molecule has 126 valence electrons. The molecule has 1 atom stereocenters. The van der Waals surface area contributed by atoms with Gasteiger partial charge in [-0.15, -0.1) is 11.3 Å². The zero-order chi connectivity index (χ0) is 16.6. The van der Waals surface area contributed by atoms with Crippen molar-refractivity contribution in [2.75, 3.05) is 18.4 Å². The van der Waals surface area contributed by atoms with E-state index in [2.05, 4.69) is 15.6 Å². The lowest BCUT2D eigenvalue weighted by Gasteiger charge is -2.22. The minimum absolute atomic E-state index is 0.111. The summed E-state index contributed by atoms with van der Waals surface area (Å²) in [6.45, 7) is 2.03. The Morgan fingerprint density at radius 2 is 2.08 bits per heavy atom. The third-order valence-corrected chi connectivity index (χ3v) is 6.09. The minimum atomic E-state index is -0.229. The van der Waals surface area contributed by atoms with Crippen LogP contribution in [0.3, 0.4) is 0 Å². The Morgan fingerprint density at radius 3 is 2.83 bits per heavy atom. The summed E-state index contributed by atoms with van der Waals surface area (Å²) in [5, 5.41) is 6.99. The van der Waals surface area contributed by atoms with Gasteiger partial charge in [0.1, 0.15) is 5.82 Å². The van der Waals surface area contributed by atoms with Crippen LogP contribution >= 0.6 is 11.3 Å². The van der Waals surface area contributed by atoms with E-state index >= 15 is 0 Å². The van der Waals surface area contributed by atoms with Gasteiger partial charge in [-0.05, 0) is 55.5 Å². The van der Waals surface area contributed by atoms with Gasteiger partial charge in [0.2, 0.25) is 5.91 Å². The number of carbonyl (C=O) groups excluding carboxylic acids is 1. The summed E-state index contributed by atoms with van der Waals surface area (Å²) >= 11 is 1.49. The van der Waals surface area contributed by atoms with Crippen molar-refractivity contribution < 1.29 is 9.18 Å². The fraction of sp³-hybridized carbons (Fsp3) is 0.444. The average Bonchev–Trinajstić information content (AvgIpc) is 3.09. The van der Waals surface area contributed by atoms with Crippen LogP contribution in [0.4, 0.5) is 9.52 Å². The first-order chi connectivity index (χ1) is 11.6. The molecule has 1 saturated heterocycles. The van der Waals surface area contributed by atoms with Gasteiger partial charge in [0, 0.05) is 23.4 Å². The highest BCUT2D eigenvalue weighted by atomic mass is 32.1. The van der Waals surface area contributed by atoms with E-state index < -0.39 is 0 Å². The average molecular weight is 345 g/mol. The van der Waals surface area contributed by atoms with Crippen molar-refractivity contribution >= 4 is 22.4 Å². The first kappa shape index (κ1) is 15.7. The van der Waals surface area contributed by atoms with Gasteiger partial charge in [-0.2, -0.15) is 0 Å². The van der Waals surface area contributed by atoms with E-state index in [0.29, 0.717) is 11.6 Å². The first-order valence-electron chi connectivity index (χ1n) is 8.35. The maximum Gasteiger partial charge on any atom is 0.229 e. The van der Waals surface area contributed by atoms with Crippen molar-refractivity contribution in [3.05, 3.63) is 46.7 Å². The number of nitrogens with zero attached hydrogens (tertiary/aromatic N) is 1. The summed E-state index contributed by atoms with van der Waals surface area (Å²) in [4.78, 5) is 17.8. The van der Waals surface area contributed by atoms with Crippen LogP contribution < -0.4 is 10.6 Å². The third-order valence-electron chi connectivity index (χ3n) is 5.18. The predicted octanol–water partition coefficient (Wildman–Crippen LogP) is 3.20. The molecule has 0 radical (unpaired) electrons. The zero-order valence-electron chi connectivity index (χ0n) is 13.3. The second kappa shape index (κ2) is 6.26. The third kappa shape index (κ3) is 3.21. The van der Waals surface area contributed by atoms with E-state index in [1.807, 2.05) is 0 Å². The van der Waals surface area contributed by atoms with Gasteiger partial charge < -0.3 is 10.6 Å². The fourth-order valence-corrected chi connectivity index (χ4v) is 4.49. The molecule has 24 heavy (non-hydrogen) atoms. The zero-order valence-corrected chi connectivity index (χ0v) is 14.2. The summed E-state index contributed by atoms with van der Waals surface area (Å²) in [5.74, 6) is 0.0240. The Labute approximate surface area is 144 Å². The molecule has 4 rings (SSSR count). The molecule has 1 aromatic heterocycles. The maximum atomic E-state index is 12.9. The molecule has 2 N–H and O–H groups in total. The number of piperidine rings is 1. The Kier molecular flexibility index (Phi) is 4.10. The highest BCUT2D eigenvalue weighted by molar-refractivity contribution is 7.15. The first-order valence-corrected chi connectivity index (χ1v) is 9.17. The molecule has 6 heteroatoms. The van der Waals surface area contributed by atoms with Gasteiger partial charge in [0.05, 0.1) is 0 Å². The van der Waals surface area contributed by atoms with E-state index in [1.165, 1.54) is 23.5 Å². The van der Waals surface area contributed by atoms with Crippen LogP contribution in [0.2, 0.25) is 0 Å². The number of hydrogen-bond acceptors (Lipinski definition) is 4. The SMILES string of the molecule is O=C(Nc1ncc(Cc2ccc(F)cc2)s1)C1CC12CCNCC2. The molecule has 1 aliphatic heterocycles. The van der Waals surface area contributed by atoms with Crippen molar-refractivity contribution in [2.45, 2.75) is 25.7 Å². The highest BCUT2D eigenvalue weighted by Crippen LogP contribution is 2.58. The molecule has 2 aromatic rings. The van der Waals surface area contributed by atoms with Crippen molar-refractivity contribution in [2.24, 2.45) is 11.3 Å². The number of thiazole rings is 1. The molecular formula is C18H20FN3OS. The van der Waals surface area contributed by atoms with Gasteiger partial charge in [0.25, 0.3) is 0 Å². The molecule has 1 aliphatic carbocycles. The number of anilines is 1. The number of rotatable bonds is 4. The molecular weight excluding hydrogens is 325 g/mol. The minimum Gasteiger partial charge on any atom is -0.317 e. The van der Waals surface area contributed by atoms with Crippen molar-refractivity contribution in [1.29, 1.82) is 0 Å². The maximum absolute atomic E-state index is 12.9. The summed E-state index contributed by atoms with van der Waals surface area (Å²) in [6.07, 6.45) is 5.69. The number of hydrogen-bond donors (Lipinski definition) is 2. The molecule has 1 saturated carbocycles. The molecule has 2 fully saturated rings. The number of halogens is 1. The lowest BCUT2D eigenvalue weighted by Crippen LogP contribution is -2.31. The molecule has 4 nitrogen and oxygen atoms in total. The molecule has 2 heterocycles. The van der Waals surface area contributed by atoms with Crippen LogP contribution in [-0.2, 0) is 11.2 Å². The number of carbonyl (C=O) groups is 1. The van der Waals surface area contributed by atoms with Gasteiger partial charge in [-0.1, -0.05) is 12.1 Å². The molecule has 0 bridgehead atoms. The highest BCUT2D eigenvalue weighted by Gasteiger charge is 2.57. The van der Waals surface area contributed by atoms with E-state index in [0.717, 1.165) is 42.8 Å². The summed E-state index contributed by atoms with van der Waals surface area (Å²) in [5.41, 5.74) is 1.28. The quantitative estimate of drug-likeness (QED) is 0.895. The summed E-state index contributed by atoms with van der Waals surface area (Å²) < 4.78 is 12.9. The second-order valence-electron chi connectivity index (χ2n) is 6.79. The Hall–Kier alpha value is -1.79. The van der Waals surface area contributed by atoms with Crippen molar-refractivity contribution in [3.63, 3.8) is 0 Å². The van der Waals surface area contributed by atoms with Crippen molar-refractivity contribution in [3.8, 4) is 0 Å². The second-order valence-corrected chi connectivity index (χ2v) is 7.91. The van der Waals surface area contributed by atoms with Gasteiger partial charge in [0.15, 0.2) is 5.13 Å². The number of aromatic nitrogens is 1. The largest absolute Gasteiger partial charge is 0.317 e. The van der Waals surface area contributed by atoms with Crippen LogP contribution in [0.25, 0.3) is 0 Å².